The van der Waals surface area contributed by atoms with Gasteiger partial charge >= 0.3 is 0 Å². The summed E-state index contributed by atoms with van der Waals surface area (Å²) in [6.45, 7) is 0.115. The van der Waals surface area contributed by atoms with Crippen molar-refractivity contribution < 1.29 is 5.11 Å². The van der Waals surface area contributed by atoms with E-state index in [0.717, 1.165) is 18.4 Å². The Morgan fingerprint density at radius 1 is 0.950 bits per heavy atom. The molecule has 0 aromatic heterocycles. The molecule has 0 fully saturated rings. The second kappa shape index (κ2) is 4.46. The van der Waals surface area contributed by atoms with Crippen molar-refractivity contribution in [2.75, 3.05) is 0 Å². The average Bonchev–Trinajstić information content (AvgIpc) is 3.13. The molecule has 4 rings (SSSR count). The second-order valence-corrected chi connectivity index (χ2v) is 5.43. The van der Waals surface area contributed by atoms with Gasteiger partial charge in [0.05, 0.1) is 6.61 Å². The van der Waals surface area contributed by atoms with E-state index in [1.807, 2.05) is 0 Å². The molecule has 0 bridgehead atoms. The van der Waals surface area contributed by atoms with E-state index in [4.69, 9.17) is 0 Å². The van der Waals surface area contributed by atoms with Crippen LogP contribution in [0.25, 0.3) is 16.7 Å². The van der Waals surface area contributed by atoms with Gasteiger partial charge in [-0.3, -0.25) is 0 Å². The number of hydrogen-bond donors (Lipinski definition) is 1. The van der Waals surface area contributed by atoms with Crippen LogP contribution in [0.4, 0.5) is 0 Å². The summed E-state index contributed by atoms with van der Waals surface area (Å²) in [5.41, 5.74) is 8.92. The Bertz CT molecular complexity index is 750. The van der Waals surface area contributed by atoms with E-state index in [1.54, 1.807) is 0 Å². The van der Waals surface area contributed by atoms with Gasteiger partial charge in [0.2, 0.25) is 0 Å². The van der Waals surface area contributed by atoms with Crippen molar-refractivity contribution in [3.63, 3.8) is 0 Å². The van der Waals surface area contributed by atoms with E-state index in [9.17, 15) is 5.11 Å². The highest BCUT2D eigenvalue weighted by Gasteiger charge is 2.23. The maximum atomic E-state index is 9.87. The van der Waals surface area contributed by atoms with Gasteiger partial charge in [-0.25, -0.2) is 0 Å². The quantitative estimate of drug-likeness (QED) is 0.735. The molecular weight excluding hydrogens is 244 g/mol. The van der Waals surface area contributed by atoms with E-state index >= 15 is 0 Å². The van der Waals surface area contributed by atoms with Gasteiger partial charge in [0.15, 0.2) is 0 Å². The monoisotopic (exact) mass is 260 g/mol. The zero-order valence-corrected chi connectivity index (χ0v) is 11.3. The molecule has 0 amide bonds. The molecule has 1 nitrogen and oxygen atoms in total. The Hall–Kier alpha value is -2.12. The summed E-state index contributed by atoms with van der Waals surface area (Å²) in [4.78, 5) is 0. The summed E-state index contributed by atoms with van der Waals surface area (Å²) < 4.78 is 0. The number of aliphatic hydroxyl groups excluding tert-OH is 1. The Morgan fingerprint density at radius 3 is 2.60 bits per heavy atom. The second-order valence-electron chi connectivity index (χ2n) is 5.43. The van der Waals surface area contributed by atoms with Crippen LogP contribution in [0.5, 0.6) is 0 Å². The van der Waals surface area contributed by atoms with Crippen LogP contribution in [0.3, 0.4) is 0 Å². The van der Waals surface area contributed by atoms with Crippen LogP contribution in [-0.4, -0.2) is 5.11 Å². The van der Waals surface area contributed by atoms with Gasteiger partial charge in [0, 0.05) is 0 Å². The highest BCUT2D eigenvalue weighted by Crippen LogP contribution is 2.41. The molecule has 20 heavy (non-hydrogen) atoms. The predicted molar refractivity (Wildman–Crippen MR) is 82.3 cm³/mol. The maximum absolute atomic E-state index is 9.87. The molecule has 0 aliphatic heterocycles. The summed E-state index contributed by atoms with van der Waals surface area (Å²) in [5.74, 6) is 0. The summed E-state index contributed by atoms with van der Waals surface area (Å²) in [6, 6.07) is 12.9. The lowest BCUT2D eigenvalue weighted by Crippen LogP contribution is -1.99. The summed E-state index contributed by atoms with van der Waals surface area (Å²) >= 11 is 0. The number of hydrogen-bond acceptors (Lipinski definition) is 1. The summed E-state index contributed by atoms with van der Waals surface area (Å²) in [6.07, 6.45) is 8.33. The van der Waals surface area contributed by atoms with Crippen LogP contribution < -0.4 is 0 Å². The van der Waals surface area contributed by atoms with Crippen molar-refractivity contribution in [2.45, 2.75) is 19.4 Å². The van der Waals surface area contributed by atoms with Crippen molar-refractivity contribution in [2.24, 2.45) is 0 Å². The van der Waals surface area contributed by atoms with Gasteiger partial charge in [-0.05, 0) is 51.8 Å². The van der Waals surface area contributed by atoms with Gasteiger partial charge < -0.3 is 5.11 Å². The van der Waals surface area contributed by atoms with Gasteiger partial charge in [-0.2, -0.15) is 0 Å². The third-order valence-electron chi connectivity index (χ3n) is 4.38. The fourth-order valence-electron chi connectivity index (χ4n) is 3.40. The molecule has 2 aromatic rings. The van der Waals surface area contributed by atoms with E-state index in [-0.39, 0.29) is 6.61 Å². The van der Waals surface area contributed by atoms with Crippen LogP contribution in [0.2, 0.25) is 0 Å². The van der Waals surface area contributed by atoms with Crippen molar-refractivity contribution >= 4 is 5.57 Å². The first-order valence-corrected chi connectivity index (χ1v) is 7.08. The third kappa shape index (κ3) is 1.60. The number of benzene rings is 2. The summed E-state index contributed by atoms with van der Waals surface area (Å²) in [5, 5.41) is 9.87. The SMILES string of the molecule is OCc1c(C2=CC=CC2)ccc2c1Cc1ccccc1-2. The van der Waals surface area contributed by atoms with Crippen LogP contribution >= 0.6 is 0 Å². The molecular formula is C19H16O. The molecule has 0 saturated heterocycles. The zero-order chi connectivity index (χ0) is 13.5. The van der Waals surface area contributed by atoms with E-state index in [1.165, 1.54) is 33.4 Å². The Morgan fingerprint density at radius 2 is 1.80 bits per heavy atom. The van der Waals surface area contributed by atoms with Crippen molar-refractivity contribution in [1.29, 1.82) is 0 Å². The largest absolute Gasteiger partial charge is 0.392 e. The van der Waals surface area contributed by atoms with E-state index in [0.29, 0.717) is 0 Å². The van der Waals surface area contributed by atoms with Crippen molar-refractivity contribution in [1.82, 2.24) is 0 Å². The fraction of sp³-hybridized carbons (Fsp3) is 0.158. The highest BCUT2D eigenvalue weighted by atomic mass is 16.3. The standard InChI is InChI=1S/C19H16O/c20-12-19-16(13-5-1-2-6-13)9-10-17-15-8-4-3-7-14(15)11-18(17)19/h1-5,7-10,20H,6,11-12H2. The molecule has 1 heteroatoms. The third-order valence-corrected chi connectivity index (χ3v) is 4.38. The minimum absolute atomic E-state index is 0.115. The van der Waals surface area contributed by atoms with Crippen molar-refractivity contribution in [3.8, 4) is 11.1 Å². The topological polar surface area (TPSA) is 20.2 Å². The van der Waals surface area contributed by atoms with E-state index in [2.05, 4.69) is 54.6 Å². The lowest BCUT2D eigenvalue weighted by atomic mass is 9.92. The van der Waals surface area contributed by atoms with Gasteiger partial charge in [-0.1, -0.05) is 54.6 Å². The minimum Gasteiger partial charge on any atom is -0.392 e. The molecule has 2 aromatic carbocycles. The maximum Gasteiger partial charge on any atom is 0.0690 e. The summed E-state index contributed by atoms with van der Waals surface area (Å²) in [7, 11) is 0. The average molecular weight is 260 g/mol. The molecule has 0 heterocycles. The molecule has 2 aliphatic carbocycles. The molecule has 98 valence electrons. The Balaban J connectivity index is 1.90. The van der Waals surface area contributed by atoms with Crippen LogP contribution in [-0.2, 0) is 13.0 Å². The number of rotatable bonds is 2. The minimum atomic E-state index is 0.115. The Kier molecular flexibility index (Phi) is 2.61. The molecule has 2 aliphatic rings. The number of fused-ring (bicyclic) bond motifs is 3. The molecule has 0 radical (unpaired) electrons. The Labute approximate surface area is 118 Å². The first-order chi connectivity index (χ1) is 9.88. The first kappa shape index (κ1) is 11.7. The van der Waals surface area contributed by atoms with Crippen LogP contribution in [0.1, 0.15) is 28.7 Å². The van der Waals surface area contributed by atoms with Gasteiger partial charge in [-0.15, -0.1) is 0 Å². The van der Waals surface area contributed by atoms with Crippen molar-refractivity contribution in [3.05, 3.63) is 76.9 Å². The van der Waals surface area contributed by atoms with Crippen LogP contribution in [0.15, 0.2) is 54.6 Å². The molecule has 0 saturated carbocycles. The molecule has 0 unspecified atom stereocenters. The predicted octanol–water partition coefficient (Wildman–Crippen LogP) is 4.09. The lowest BCUT2D eigenvalue weighted by Gasteiger charge is -2.14. The molecule has 0 atom stereocenters. The normalized spacial score (nSPS) is 15.2. The van der Waals surface area contributed by atoms with Gasteiger partial charge in [0.25, 0.3) is 0 Å². The highest BCUT2D eigenvalue weighted by molar-refractivity contribution is 5.83. The van der Waals surface area contributed by atoms with Gasteiger partial charge in [0.1, 0.15) is 0 Å². The number of allylic oxidation sites excluding steroid dienone is 4. The first-order valence-electron chi connectivity index (χ1n) is 7.08. The van der Waals surface area contributed by atoms with Crippen LogP contribution in [0, 0.1) is 0 Å². The smallest absolute Gasteiger partial charge is 0.0690 e. The van der Waals surface area contributed by atoms with E-state index < -0.39 is 0 Å². The number of aliphatic hydroxyl groups is 1. The zero-order valence-electron chi connectivity index (χ0n) is 11.3. The lowest BCUT2D eigenvalue weighted by molar-refractivity contribution is 0.280. The molecule has 1 N–H and O–H groups in total. The fourth-order valence-corrected chi connectivity index (χ4v) is 3.40. The molecule has 0 spiro atoms.